The quantitative estimate of drug-likeness (QED) is 0.540. The number of hydrogen-bond acceptors (Lipinski definition) is 4. The normalized spacial score (nSPS) is 29.1. The molecule has 2 heterocycles. The van der Waals surface area contributed by atoms with Crippen LogP contribution in [0.15, 0.2) is 24.0 Å². The molecule has 0 aromatic heterocycles. The van der Waals surface area contributed by atoms with Gasteiger partial charge in [0, 0.05) is 19.4 Å². The van der Waals surface area contributed by atoms with Crippen LogP contribution in [-0.2, 0) is 19.0 Å². The first-order valence-electron chi connectivity index (χ1n) is 6.45. The summed E-state index contributed by atoms with van der Waals surface area (Å²) in [5.41, 5.74) is 0. The van der Waals surface area contributed by atoms with E-state index in [0.717, 1.165) is 0 Å². The molecule has 0 aromatic rings. The van der Waals surface area contributed by atoms with Crippen LogP contribution in [0.1, 0.15) is 26.7 Å². The molecule has 4 heteroatoms. The fourth-order valence-electron chi connectivity index (χ4n) is 2.05. The number of carbonyl (C=O) groups excluding carboxylic acids is 1. The first kappa shape index (κ1) is 14.2. The Morgan fingerprint density at radius 2 is 2.40 bits per heavy atom. The van der Waals surface area contributed by atoms with Gasteiger partial charge in [0.15, 0.2) is 0 Å². The molecule has 1 fully saturated rings. The van der Waals surface area contributed by atoms with Crippen LogP contribution in [-0.4, -0.2) is 24.5 Å². The number of hydrogen-bond donors (Lipinski definition) is 0. The first-order valence-corrected chi connectivity index (χ1v) is 6.45. The van der Waals surface area contributed by atoms with E-state index >= 15 is 0 Å². The SMILES string of the molecule is CC#CC#C/C=C1\C=C[C@]2(CC[C@@H](OC(C)=O)CO2)O1. The maximum atomic E-state index is 10.9. The second kappa shape index (κ2) is 6.32. The van der Waals surface area contributed by atoms with E-state index in [2.05, 4.69) is 23.7 Å². The van der Waals surface area contributed by atoms with Gasteiger partial charge < -0.3 is 14.2 Å². The van der Waals surface area contributed by atoms with Crippen molar-refractivity contribution in [2.45, 2.75) is 38.6 Å². The van der Waals surface area contributed by atoms with Crippen molar-refractivity contribution in [1.82, 2.24) is 0 Å². The molecule has 2 aliphatic heterocycles. The van der Waals surface area contributed by atoms with Crippen molar-refractivity contribution < 1.29 is 19.0 Å². The van der Waals surface area contributed by atoms with Crippen molar-refractivity contribution in [2.24, 2.45) is 0 Å². The van der Waals surface area contributed by atoms with Gasteiger partial charge in [-0.1, -0.05) is 11.8 Å². The van der Waals surface area contributed by atoms with Gasteiger partial charge in [0.2, 0.25) is 5.79 Å². The van der Waals surface area contributed by atoms with E-state index in [1.54, 1.807) is 13.0 Å². The summed E-state index contributed by atoms with van der Waals surface area (Å²) in [5, 5.41) is 0. The van der Waals surface area contributed by atoms with E-state index in [1.165, 1.54) is 6.92 Å². The third-order valence-corrected chi connectivity index (χ3v) is 2.93. The standard InChI is InChI=1S/C16H16O4/c1-3-4-5-6-7-14-8-10-16(20-14)11-9-15(12-18-16)19-13(2)17/h7-8,10,15H,9,11-12H2,1-2H3/b14-7+/t15-,16-/m1/s1. The zero-order valence-corrected chi connectivity index (χ0v) is 11.6. The Morgan fingerprint density at radius 1 is 1.55 bits per heavy atom. The summed E-state index contributed by atoms with van der Waals surface area (Å²) < 4.78 is 16.6. The molecule has 20 heavy (non-hydrogen) atoms. The number of rotatable bonds is 1. The minimum absolute atomic E-state index is 0.192. The molecule has 0 N–H and O–H groups in total. The van der Waals surface area contributed by atoms with Gasteiger partial charge >= 0.3 is 5.97 Å². The van der Waals surface area contributed by atoms with Crippen LogP contribution in [0.4, 0.5) is 0 Å². The molecule has 2 rings (SSSR count). The summed E-state index contributed by atoms with van der Waals surface area (Å²) in [7, 11) is 0. The van der Waals surface area contributed by atoms with Crippen LogP contribution in [0.25, 0.3) is 0 Å². The maximum absolute atomic E-state index is 10.9. The molecule has 0 saturated carbocycles. The highest BCUT2D eigenvalue weighted by Gasteiger charge is 2.40. The molecule has 1 saturated heterocycles. The third-order valence-electron chi connectivity index (χ3n) is 2.93. The second-order valence-electron chi connectivity index (χ2n) is 4.52. The van der Waals surface area contributed by atoms with Gasteiger partial charge in [-0.05, 0) is 37.3 Å². The molecule has 0 aliphatic carbocycles. The van der Waals surface area contributed by atoms with Crippen molar-refractivity contribution in [3.05, 3.63) is 24.0 Å². The number of esters is 1. The Balaban J connectivity index is 1.90. The lowest BCUT2D eigenvalue weighted by Crippen LogP contribution is -2.41. The van der Waals surface area contributed by atoms with Crippen molar-refractivity contribution >= 4 is 5.97 Å². The molecular weight excluding hydrogens is 256 g/mol. The van der Waals surface area contributed by atoms with Gasteiger partial charge in [0.25, 0.3) is 0 Å². The number of carbonyl (C=O) groups is 1. The Kier molecular flexibility index (Phi) is 4.50. The number of ether oxygens (including phenoxy) is 3. The molecule has 0 unspecified atom stereocenters. The lowest BCUT2D eigenvalue weighted by Gasteiger charge is -2.35. The van der Waals surface area contributed by atoms with E-state index in [9.17, 15) is 4.79 Å². The first-order chi connectivity index (χ1) is 9.63. The molecule has 104 valence electrons. The van der Waals surface area contributed by atoms with Crippen LogP contribution in [0.3, 0.4) is 0 Å². The lowest BCUT2D eigenvalue weighted by atomic mass is 10.0. The summed E-state index contributed by atoms with van der Waals surface area (Å²) in [5.74, 6) is 10.5. The van der Waals surface area contributed by atoms with E-state index in [4.69, 9.17) is 14.2 Å². The van der Waals surface area contributed by atoms with Gasteiger partial charge in [0.05, 0.1) is 6.61 Å². The summed E-state index contributed by atoms with van der Waals surface area (Å²) >= 11 is 0. The second-order valence-corrected chi connectivity index (χ2v) is 4.52. The molecule has 0 radical (unpaired) electrons. The van der Waals surface area contributed by atoms with Gasteiger partial charge in [-0.25, -0.2) is 0 Å². The van der Waals surface area contributed by atoms with Crippen molar-refractivity contribution in [3.8, 4) is 23.7 Å². The lowest BCUT2D eigenvalue weighted by molar-refractivity contribution is -0.220. The largest absolute Gasteiger partial charge is 0.460 e. The molecule has 0 aromatic carbocycles. The third kappa shape index (κ3) is 3.66. The zero-order valence-electron chi connectivity index (χ0n) is 11.6. The molecule has 2 atom stereocenters. The summed E-state index contributed by atoms with van der Waals surface area (Å²) in [6.07, 6.45) is 6.53. The fourth-order valence-corrected chi connectivity index (χ4v) is 2.05. The van der Waals surface area contributed by atoms with E-state index in [1.807, 2.05) is 12.2 Å². The van der Waals surface area contributed by atoms with Crippen LogP contribution >= 0.6 is 0 Å². The summed E-state index contributed by atoms with van der Waals surface area (Å²) in [6.45, 7) is 3.47. The van der Waals surface area contributed by atoms with Gasteiger partial charge in [0.1, 0.15) is 11.9 Å². The van der Waals surface area contributed by atoms with Crippen molar-refractivity contribution in [1.29, 1.82) is 0 Å². The average molecular weight is 272 g/mol. The summed E-state index contributed by atoms with van der Waals surface area (Å²) in [4.78, 5) is 10.9. The highest BCUT2D eigenvalue weighted by molar-refractivity contribution is 5.66. The van der Waals surface area contributed by atoms with E-state index < -0.39 is 5.79 Å². The highest BCUT2D eigenvalue weighted by Crippen LogP contribution is 2.35. The van der Waals surface area contributed by atoms with Crippen LogP contribution in [0.5, 0.6) is 0 Å². The Hall–Kier alpha value is -2.17. The van der Waals surface area contributed by atoms with Gasteiger partial charge in [-0.3, -0.25) is 4.79 Å². The minimum atomic E-state index is -0.736. The Labute approximate surface area is 118 Å². The van der Waals surface area contributed by atoms with Crippen molar-refractivity contribution in [3.63, 3.8) is 0 Å². The monoisotopic (exact) mass is 272 g/mol. The molecular formula is C16H16O4. The smallest absolute Gasteiger partial charge is 0.302 e. The highest BCUT2D eigenvalue weighted by atomic mass is 16.7. The predicted molar refractivity (Wildman–Crippen MR) is 73.0 cm³/mol. The van der Waals surface area contributed by atoms with E-state index in [0.29, 0.717) is 25.2 Å². The van der Waals surface area contributed by atoms with Gasteiger partial charge in [-0.15, -0.1) is 0 Å². The molecule has 0 amide bonds. The van der Waals surface area contributed by atoms with Gasteiger partial charge in [-0.2, -0.15) is 0 Å². The molecule has 4 nitrogen and oxygen atoms in total. The fraction of sp³-hybridized carbons (Fsp3) is 0.438. The number of allylic oxidation sites excluding steroid dienone is 2. The van der Waals surface area contributed by atoms with E-state index in [-0.39, 0.29) is 12.1 Å². The van der Waals surface area contributed by atoms with Crippen LogP contribution in [0.2, 0.25) is 0 Å². The maximum Gasteiger partial charge on any atom is 0.302 e. The minimum Gasteiger partial charge on any atom is -0.460 e. The van der Waals surface area contributed by atoms with Crippen LogP contribution in [0, 0.1) is 23.7 Å². The average Bonchev–Trinajstić information content (AvgIpc) is 2.81. The van der Waals surface area contributed by atoms with Crippen molar-refractivity contribution in [2.75, 3.05) is 6.61 Å². The Bertz CT molecular complexity index is 555. The summed E-state index contributed by atoms with van der Waals surface area (Å²) in [6, 6.07) is 0. The molecule has 0 bridgehead atoms. The topological polar surface area (TPSA) is 44.8 Å². The Morgan fingerprint density at radius 3 is 3.05 bits per heavy atom. The molecule has 2 aliphatic rings. The predicted octanol–water partition coefficient (Wildman–Crippen LogP) is 1.92. The molecule has 1 spiro atoms. The van der Waals surface area contributed by atoms with Crippen LogP contribution < -0.4 is 0 Å². The zero-order chi connectivity index (χ0) is 14.4.